The van der Waals surface area contributed by atoms with Crippen LogP contribution in [-0.2, 0) is 11.0 Å². The Hall–Kier alpha value is -1.01. The molecule has 0 unspecified atom stereocenters. The molecule has 7 nitrogen and oxygen atoms in total. The van der Waals surface area contributed by atoms with Gasteiger partial charge in [0.1, 0.15) is 5.82 Å². The van der Waals surface area contributed by atoms with Crippen molar-refractivity contribution in [2.45, 2.75) is 46.0 Å². The summed E-state index contributed by atoms with van der Waals surface area (Å²) in [6.07, 6.45) is 0.346. The van der Waals surface area contributed by atoms with Crippen LogP contribution in [0.5, 0.6) is 0 Å². The number of nitrogens with two attached hydrogens (primary N) is 1. The van der Waals surface area contributed by atoms with Crippen LogP contribution in [0.4, 0.5) is 4.79 Å². The Morgan fingerprint density at radius 2 is 1.85 bits per heavy atom. The summed E-state index contributed by atoms with van der Waals surface area (Å²) in [5.41, 5.74) is 5.48. The first kappa shape index (κ1) is 17.0. The van der Waals surface area contributed by atoms with Crippen molar-refractivity contribution in [2.75, 3.05) is 6.54 Å². The SMILES string of the molecule is CC(C)c1nc(C(C)C)n(C(=O)P(=O)(O)O)c1CCN. The molecular weight excluding hydrogens is 281 g/mol. The number of rotatable bonds is 5. The molecule has 114 valence electrons. The van der Waals surface area contributed by atoms with Gasteiger partial charge < -0.3 is 15.5 Å². The van der Waals surface area contributed by atoms with Crippen LogP contribution in [0.3, 0.4) is 0 Å². The second-order valence-corrected chi connectivity index (χ2v) is 6.78. The van der Waals surface area contributed by atoms with Gasteiger partial charge in [-0.15, -0.1) is 0 Å². The van der Waals surface area contributed by atoms with E-state index in [1.807, 2.05) is 27.7 Å². The second kappa shape index (κ2) is 6.18. The fraction of sp³-hybridized carbons (Fsp3) is 0.667. The molecule has 0 aliphatic carbocycles. The van der Waals surface area contributed by atoms with Crippen molar-refractivity contribution >= 4 is 13.2 Å². The quantitative estimate of drug-likeness (QED) is 0.713. The lowest BCUT2D eigenvalue weighted by Gasteiger charge is -2.13. The molecule has 20 heavy (non-hydrogen) atoms. The first-order valence-corrected chi connectivity index (χ1v) is 8.14. The molecule has 8 heteroatoms. The van der Waals surface area contributed by atoms with Gasteiger partial charge >= 0.3 is 13.2 Å². The molecule has 1 heterocycles. The zero-order chi connectivity index (χ0) is 15.7. The standard InChI is InChI=1S/C12H22N3O4P/c1-7(2)10-9(5-6-13)15(11(14-10)8(3)4)12(16)20(17,18)19/h7-8H,5-6,13H2,1-4H3,(H2,17,18,19). The molecule has 0 aromatic carbocycles. The summed E-state index contributed by atoms with van der Waals surface area (Å²) in [6, 6.07) is 0. The van der Waals surface area contributed by atoms with Crippen molar-refractivity contribution < 1.29 is 19.1 Å². The number of hydrogen-bond donors (Lipinski definition) is 3. The van der Waals surface area contributed by atoms with E-state index in [4.69, 9.17) is 15.5 Å². The highest BCUT2D eigenvalue weighted by molar-refractivity contribution is 7.70. The predicted molar refractivity (Wildman–Crippen MR) is 76.0 cm³/mol. The first-order chi connectivity index (χ1) is 9.11. The fourth-order valence-electron chi connectivity index (χ4n) is 2.06. The molecule has 1 aromatic rings. The van der Waals surface area contributed by atoms with Gasteiger partial charge in [-0.1, -0.05) is 27.7 Å². The van der Waals surface area contributed by atoms with Crippen molar-refractivity contribution in [1.29, 1.82) is 0 Å². The van der Waals surface area contributed by atoms with E-state index in [0.717, 1.165) is 4.57 Å². The number of hydrogen-bond acceptors (Lipinski definition) is 4. The Balaban J connectivity index is 3.59. The van der Waals surface area contributed by atoms with Gasteiger partial charge in [-0.3, -0.25) is 9.36 Å². The van der Waals surface area contributed by atoms with E-state index in [1.165, 1.54) is 0 Å². The Morgan fingerprint density at radius 3 is 2.20 bits per heavy atom. The van der Waals surface area contributed by atoms with Gasteiger partial charge in [0.15, 0.2) is 0 Å². The smallest absolute Gasteiger partial charge is 0.330 e. The maximum Gasteiger partial charge on any atom is 0.414 e. The van der Waals surface area contributed by atoms with Crippen LogP contribution in [0.2, 0.25) is 0 Å². The lowest BCUT2D eigenvalue weighted by Crippen LogP contribution is -2.19. The number of imidazole rings is 1. The van der Waals surface area contributed by atoms with Crippen LogP contribution in [-0.4, -0.2) is 31.5 Å². The third kappa shape index (κ3) is 3.35. The molecule has 0 saturated heterocycles. The van der Waals surface area contributed by atoms with E-state index in [1.54, 1.807) is 0 Å². The van der Waals surface area contributed by atoms with Gasteiger partial charge in [-0.2, -0.15) is 0 Å². The average molecular weight is 303 g/mol. The largest absolute Gasteiger partial charge is 0.414 e. The number of aromatic nitrogens is 2. The van der Waals surface area contributed by atoms with Crippen molar-refractivity contribution in [1.82, 2.24) is 9.55 Å². The van der Waals surface area contributed by atoms with E-state index < -0.39 is 13.2 Å². The maximum absolute atomic E-state index is 12.0. The van der Waals surface area contributed by atoms with Crippen LogP contribution >= 0.6 is 7.60 Å². The average Bonchev–Trinajstić information content (AvgIpc) is 2.66. The third-order valence-electron chi connectivity index (χ3n) is 2.91. The summed E-state index contributed by atoms with van der Waals surface area (Å²) in [5, 5.41) is 0. The molecule has 0 amide bonds. The van der Waals surface area contributed by atoms with Gasteiger partial charge in [0.05, 0.1) is 11.4 Å². The molecule has 1 aromatic heterocycles. The van der Waals surface area contributed by atoms with E-state index in [-0.39, 0.29) is 18.4 Å². The van der Waals surface area contributed by atoms with Gasteiger partial charge in [-0.05, 0) is 12.5 Å². The molecule has 1 rings (SSSR count). The van der Waals surface area contributed by atoms with Crippen LogP contribution in [0.25, 0.3) is 0 Å². The Labute approximate surface area is 118 Å². The molecule has 0 atom stereocenters. The van der Waals surface area contributed by atoms with E-state index in [2.05, 4.69) is 4.98 Å². The highest BCUT2D eigenvalue weighted by atomic mass is 31.2. The number of carbonyl (C=O) groups excluding carboxylic acids is 1. The van der Waals surface area contributed by atoms with E-state index in [0.29, 0.717) is 23.6 Å². The van der Waals surface area contributed by atoms with E-state index in [9.17, 15) is 9.36 Å². The minimum Gasteiger partial charge on any atom is -0.330 e. The molecule has 0 aliphatic heterocycles. The lowest BCUT2D eigenvalue weighted by atomic mass is 10.1. The summed E-state index contributed by atoms with van der Waals surface area (Å²) in [7, 11) is -4.87. The van der Waals surface area contributed by atoms with E-state index >= 15 is 0 Å². The van der Waals surface area contributed by atoms with Gasteiger partial charge in [0.2, 0.25) is 0 Å². The molecule has 0 bridgehead atoms. The Morgan fingerprint density at radius 1 is 1.30 bits per heavy atom. The van der Waals surface area contributed by atoms with Crippen LogP contribution < -0.4 is 5.73 Å². The van der Waals surface area contributed by atoms with Crippen LogP contribution in [0, 0.1) is 0 Å². The summed E-state index contributed by atoms with van der Waals surface area (Å²) in [5.74, 6) is 0.278. The normalized spacial score (nSPS) is 12.4. The molecule has 0 spiro atoms. The molecular formula is C12H22N3O4P. The topological polar surface area (TPSA) is 118 Å². The maximum atomic E-state index is 12.0. The highest BCUT2D eigenvalue weighted by Gasteiger charge is 2.34. The number of carbonyl (C=O) groups is 1. The summed E-state index contributed by atoms with van der Waals surface area (Å²) >= 11 is 0. The molecule has 0 fully saturated rings. The summed E-state index contributed by atoms with van der Waals surface area (Å²) in [4.78, 5) is 34.8. The van der Waals surface area contributed by atoms with Crippen LogP contribution in [0.1, 0.15) is 56.7 Å². The van der Waals surface area contributed by atoms with Crippen molar-refractivity contribution in [3.63, 3.8) is 0 Å². The van der Waals surface area contributed by atoms with Crippen molar-refractivity contribution in [2.24, 2.45) is 5.73 Å². The molecule has 4 N–H and O–H groups in total. The van der Waals surface area contributed by atoms with Gasteiger partial charge in [0, 0.05) is 12.3 Å². The Kier molecular flexibility index (Phi) is 5.27. The van der Waals surface area contributed by atoms with Gasteiger partial charge in [-0.25, -0.2) is 9.55 Å². The minimum absolute atomic E-state index is 0.0415. The Bertz CT molecular complexity index is 545. The monoisotopic (exact) mass is 303 g/mol. The zero-order valence-corrected chi connectivity index (χ0v) is 13.1. The lowest BCUT2D eigenvalue weighted by molar-refractivity contribution is 0.248. The van der Waals surface area contributed by atoms with Crippen molar-refractivity contribution in [3.8, 4) is 0 Å². The predicted octanol–water partition coefficient (Wildman–Crippen LogP) is 1.78. The zero-order valence-electron chi connectivity index (χ0n) is 12.2. The highest BCUT2D eigenvalue weighted by Crippen LogP contribution is 2.40. The fourth-order valence-corrected chi connectivity index (χ4v) is 2.54. The molecule has 0 radical (unpaired) electrons. The number of nitrogens with zero attached hydrogens (tertiary/aromatic N) is 2. The molecule has 0 saturated carbocycles. The van der Waals surface area contributed by atoms with Gasteiger partial charge in [0.25, 0.3) is 0 Å². The van der Waals surface area contributed by atoms with Crippen molar-refractivity contribution in [3.05, 3.63) is 17.2 Å². The second-order valence-electron chi connectivity index (χ2n) is 5.31. The summed E-state index contributed by atoms with van der Waals surface area (Å²) in [6.45, 7) is 7.75. The van der Waals surface area contributed by atoms with Crippen LogP contribution in [0.15, 0.2) is 0 Å². The first-order valence-electron chi connectivity index (χ1n) is 6.53. The minimum atomic E-state index is -4.87. The molecule has 0 aliphatic rings. The third-order valence-corrected chi connectivity index (χ3v) is 3.61. The summed E-state index contributed by atoms with van der Waals surface area (Å²) < 4.78 is 12.4.